The molecule has 0 spiro atoms. The summed E-state index contributed by atoms with van der Waals surface area (Å²) in [6.45, 7) is 8.17. The number of nitrogens with two attached hydrogens (primary N) is 1. The van der Waals surface area contributed by atoms with Crippen molar-refractivity contribution >= 4 is 11.7 Å². The van der Waals surface area contributed by atoms with Gasteiger partial charge in [-0.15, -0.1) is 0 Å². The summed E-state index contributed by atoms with van der Waals surface area (Å²) in [7, 11) is 0. The number of nitroso groups, excluding NO2 is 1. The van der Waals surface area contributed by atoms with Gasteiger partial charge in [0.2, 0.25) is 0 Å². The molecule has 1 fully saturated rings. The number of carbonyl (C=O) groups is 1. The van der Waals surface area contributed by atoms with Crippen LogP contribution in [-0.2, 0) is 9.47 Å². The fourth-order valence-corrected chi connectivity index (χ4v) is 4.67. The van der Waals surface area contributed by atoms with Crippen LogP contribution < -0.4 is 5.73 Å². The molecule has 2 unspecified atom stereocenters. The molecular formula is C26H36FN3O4. The van der Waals surface area contributed by atoms with E-state index in [-0.39, 0.29) is 25.5 Å². The van der Waals surface area contributed by atoms with Crippen molar-refractivity contribution in [1.29, 1.82) is 0 Å². The Kier molecular flexibility index (Phi) is 8.25. The number of likely N-dealkylation sites (tertiary alicyclic amines) is 1. The van der Waals surface area contributed by atoms with Gasteiger partial charge < -0.3 is 20.1 Å². The van der Waals surface area contributed by atoms with Crippen molar-refractivity contribution in [1.82, 2.24) is 4.90 Å². The summed E-state index contributed by atoms with van der Waals surface area (Å²) in [6, 6.07) is 4.88. The van der Waals surface area contributed by atoms with Gasteiger partial charge in [-0.2, -0.15) is 4.91 Å². The number of nitrogens with zero attached hydrogens (tertiary/aromatic N) is 2. The molecule has 2 aliphatic rings. The van der Waals surface area contributed by atoms with Crippen LogP contribution in [0.25, 0.3) is 5.57 Å². The van der Waals surface area contributed by atoms with Crippen molar-refractivity contribution in [2.24, 2.45) is 10.9 Å². The fraction of sp³-hybridized carbons (Fsp3) is 0.577. The maximum absolute atomic E-state index is 15.3. The molecule has 2 atom stereocenters. The molecule has 1 amide bonds. The van der Waals surface area contributed by atoms with Crippen LogP contribution >= 0.6 is 0 Å². The lowest BCUT2D eigenvalue weighted by molar-refractivity contribution is -0.0368. The highest BCUT2D eigenvalue weighted by atomic mass is 19.1. The second-order valence-electron chi connectivity index (χ2n) is 10.2. The van der Waals surface area contributed by atoms with Gasteiger partial charge in [-0.1, -0.05) is 35.0 Å². The SMILES string of the molecule is CC1=CC(c2c(F)cccc2C(OCCN=O)C2(N)CCCN(C(=O)OC(C)(C)C)C2)=CCC1. The van der Waals surface area contributed by atoms with Gasteiger partial charge in [-0.25, -0.2) is 9.18 Å². The number of piperidine rings is 1. The molecule has 1 aliphatic carbocycles. The van der Waals surface area contributed by atoms with E-state index in [1.54, 1.807) is 11.0 Å². The Balaban J connectivity index is 2.01. The molecule has 1 aromatic carbocycles. The number of allylic oxidation sites excluding steroid dienone is 4. The average molecular weight is 474 g/mol. The molecular weight excluding hydrogens is 437 g/mol. The number of halogens is 1. The Morgan fingerprint density at radius 2 is 2.12 bits per heavy atom. The highest BCUT2D eigenvalue weighted by Gasteiger charge is 2.44. The molecule has 34 heavy (non-hydrogen) atoms. The summed E-state index contributed by atoms with van der Waals surface area (Å²) in [4.78, 5) is 25.1. The predicted octanol–water partition coefficient (Wildman–Crippen LogP) is 5.50. The van der Waals surface area contributed by atoms with Crippen LogP contribution in [0.4, 0.5) is 9.18 Å². The van der Waals surface area contributed by atoms with Crippen LogP contribution in [0.5, 0.6) is 0 Å². The molecule has 1 saturated heterocycles. The number of ether oxygens (including phenoxy) is 2. The number of hydrogen-bond acceptors (Lipinski definition) is 6. The number of hydrogen-bond donors (Lipinski definition) is 1. The molecule has 0 bridgehead atoms. The molecule has 0 aromatic heterocycles. The van der Waals surface area contributed by atoms with Crippen LogP contribution in [0.3, 0.4) is 0 Å². The van der Waals surface area contributed by atoms with Gasteiger partial charge in [0.25, 0.3) is 0 Å². The molecule has 186 valence electrons. The fourth-order valence-electron chi connectivity index (χ4n) is 4.67. The van der Waals surface area contributed by atoms with Crippen LogP contribution in [0.2, 0.25) is 0 Å². The highest BCUT2D eigenvalue weighted by Crippen LogP contribution is 2.40. The van der Waals surface area contributed by atoms with Gasteiger partial charge in [-0.3, -0.25) is 0 Å². The number of carbonyl (C=O) groups excluding carboxylic acids is 1. The van der Waals surface area contributed by atoms with Gasteiger partial charge in [0.1, 0.15) is 24.1 Å². The first kappa shape index (κ1) is 26.0. The lowest BCUT2D eigenvalue weighted by Gasteiger charge is -2.45. The van der Waals surface area contributed by atoms with Crippen LogP contribution in [0, 0.1) is 10.7 Å². The van der Waals surface area contributed by atoms with Crippen molar-refractivity contribution in [2.45, 2.75) is 70.6 Å². The van der Waals surface area contributed by atoms with Gasteiger partial charge in [-0.05, 0) is 70.6 Å². The third-order valence-electron chi connectivity index (χ3n) is 6.12. The molecule has 2 N–H and O–H groups in total. The quantitative estimate of drug-likeness (QED) is 0.417. The van der Waals surface area contributed by atoms with E-state index >= 15 is 4.39 Å². The Bertz CT molecular complexity index is 969. The molecule has 0 radical (unpaired) electrons. The van der Waals surface area contributed by atoms with E-state index in [0.717, 1.165) is 18.4 Å². The maximum atomic E-state index is 15.3. The minimum absolute atomic E-state index is 0.0451. The summed E-state index contributed by atoms with van der Waals surface area (Å²) >= 11 is 0. The summed E-state index contributed by atoms with van der Waals surface area (Å²) in [5.41, 5.74) is 8.33. The van der Waals surface area contributed by atoms with E-state index in [0.29, 0.717) is 30.5 Å². The minimum Gasteiger partial charge on any atom is -0.444 e. The van der Waals surface area contributed by atoms with Crippen molar-refractivity contribution in [2.75, 3.05) is 26.2 Å². The molecule has 1 aromatic rings. The first-order valence-electron chi connectivity index (χ1n) is 11.9. The largest absolute Gasteiger partial charge is 0.444 e. The molecule has 8 heteroatoms. The van der Waals surface area contributed by atoms with E-state index < -0.39 is 23.3 Å². The normalized spacial score (nSPS) is 22.0. The lowest BCUT2D eigenvalue weighted by Crippen LogP contribution is -2.60. The standard InChI is InChI=1S/C26H36FN3O4/c1-18-8-5-9-19(16-18)22-20(10-6-11-21(22)27)23(33-15-13-29-32)26(28)12-7-14-30(17-26)24(31)34-25(2,3)4/h6,9-11,16,23H,5,7-8,12-15,17,28H2,1-4H3. The summed E-state index contributed by atoms with van der Waals surface area (Å²) in [6.07, 6.45) is 5.80. The zero-order valence-electron chi connectivity index (χ0n) is 20.6. The second kappa shape index (κ2) is 10.8. The van der Waals surface area contributed by atoms with E-state index in [2.05, 4.69) is 5.18 Å². The summed E-state index contributed by atoms with van der Waals surface area (Å²) in [5, 5.41) is 2.90. The molecule has 3 rings (SSSR count). The molecule has 7 nitrogen and oxygen atoms in total. The first-order valence-corrected chi connectivity index (χ1v) is 11.9. The maximum Gasteiger partial charge on any atom is 0.410 e. The lowest BCUT2D eigenvalue weighted by atomic mass is 9.78. The smallest absolute Gasteiger partial charge is 0.410 e. The summed E-state index contributed by atoms with van der Waals surface area (Å²) < 4.78 is 27.0. The van der Waals surface area contributed by atoms with Crippen LogP contribution in [-0.4, -0.2) is 48.4 Å². The zero-order valence-corrected chi connectivity index (χ0v) is 20.6. The Labute approximate surface area is 201 Å². The van der Waals surface area contributed by atoms with E-state index in [9.17, 15) is 9.70 Å². The van der Waals surface area contributed by atoms with Crippen molar-refractivity contribution in [3.8, 4) is 0 Å². The van der Waals surface area contributed by atoms with Gasteiger partial charge in [0, 0.05) is 18.7 Å². The molecule has 1 aliphatic heterocycles. The minimum atomic E-state index is -1.01. The second-order valence-corrected chi connectivity index (χ2v) is 10.2. The third-order valence-corrected chi connectivity index (χ3v) is 6.12. The number of amides is 1. The van der Waals surface area contributed by atoms with Crippen LogP contribution in [0.15, 0.2) is 41.1 Å². The van der Waals surface area contributed by atoms with Crippen molar-refractivity contribution in [3.63, 3.8) is 0 Å². The van der Waals surface area contributed by atoms with Crippen LogP contribution in [0.1, 0.15) is 70.6 Å². The average Bonchev–Trinajstić information content (AvgIpc) is 2.75. The number of benzene rings is 1. The van der Waals surface area contributed by atoms with Crippen molar-refractivity contribution in [3.05, 3.63) is 57.8 Å². The molecule has 0 saturated carbocycles. The van der Waals surface area contributed by atoms with E-state index in [4.69, 9.17) is 15.2 Å². The Morgan fingerprint density at radius 3 is 2.79 bits per heavy atom. The Hall–Kier alpha value is -2.58. The summed E-state index contributed by atoms with van der Waals surface area (Å²) in [5.74, 6) is -0.361. The zero-order chi connectivity index (χ0) is 24.9. The monoisotopic (exact) mass is 473 g/mol. The third kappa shape index (κ3) is 6.30. The highest BCUT2D eigenvalue weighted by molar-refractivity contribution is 5.78. The molecule has 1 heterocycles. The number of rotatable bonds is 7. The predicted molar refractivity (Wildman–Crippen MR) is 131 cm³/mol. The van der Waals surface area contributed by atoms with Gasteiger partial charge in [0.05, 0.1) is 12.1 Å². The van der Waals surface area contributed by atoms with E-state index in [1.165, 1.54) is 11.6 Å². The topological polar surface area (TPSA) is 94.2 Å². The van der Waals surface area contributed by atoms with Gasteiger partial charge in [0.15, 0.2) is 0 Å². The van der Waals surface area contributed by atoms with E-state index in [1.807, 2.05) is 45.9 Å². The van der Waals surface area contributed by atoms with Crippen molar-refractivity contribution < 1.29 is 18.7 Å². The first-order chi connectivity index (χ1) is 16.0. The Morgan fingerprint density at radius 1 is 1.35 bits per heavy atom. The van der Waals surface area contributed by atoms with Gasteiger partial charge >= 0.3 is 6.09 Å².